The van der Waals surface area contributed by atoms with Crippen LogP contribution in [0.25, 0.3) is 0 Å². The summed E-state index contributed by atoms with van der Waals surface area (Å²) in [5, 5.41) is 0. The van der Waals surface area contributed by atoms with Gasteiger partial charge in [0.15, 0.2) is 0 Å². The fourth-order valence-electron chi connectivity index (χ4n) is 2.64. The van der Waals surface area contributed by atoms with Gasteiger partial charge in [0.25, 0.3) is 0 Å². The van der Waals surface area contributed by atoms with Crippen molar-refractivity contribution in [2.45, 2.75) is 24.1 Å². The van der Waals surface area contributed by atoms with Crippen molar-refractivity contribution in [3.63, 3.8) is 0 Å². The minimum absolute atomic E-state index is 0.310. The van der Waals surface area contributed by atoms with E-state index in [0.29, 0.717) is 4.75 Å². The zero-order valence-electron chi connectivity index (χ0n) is 11.9. The zero-order valence-corrected chi connectivity index (χ0v) is 12.7. The van der Waals surface area contributed by atoms with Crippen LogP contribution in [0.15, 0.2) is 24.3 Å². The van der Waals surface area contributed by atoms with Gasteiger partial charge in [0.1, 0.15) is 5.75 Å². The van der Waals surface area contributed by atoms with E-state index in [1.807, 2.05) is 17.8 Å². The molecule has 106 valence electrons. The Labute approximate surface area is 120 Å². The van der Waals surface area contributed by atoms with Gasteiger partial charge in [0, 0.05) is 17.8 Å². The summed E-state index contributed by atoms with van der Waals surface area (Å²) in [5.41, 5.74) is 7.25. The minimum atomic E-state index is 0.310. The quantitative estimate of drug-likeness (QED) is 0.898. The highest BCUT2D eigenvalue weighted by Gasteiger charge is 2.32. The average Bonchev–Trinajstić information content (AvgIpc) is 2.48. The minimum Gasteiger partial charge on any atom is -0.497 e. The number of piperidine rings is 1. The van der Waals surface area contributed by atoms with E-state index in [-0.39, 0.29) is 0 Å². The van der Waals surface area contributed by atoms with Crippen LogP contribution in [0.3, 0.4) is 0 Å². The van der Waals surface area contributed by atoms with Crippen LogP contribution in [0.5, 0.6) is 5.75 Å². The summed E-state index contributed by atoms with van der Waals surface area (Å²) >= 11 is 1.94. The van der Waals surface area contributed by atoms with Crippen LogP contribution in [-0.4, -0.2) is 42.6 Å². The molecule has 1 aliphatic rings. The first-order valence-corrected chi connectivity index (χ1v) is 8.04. The van der Waals surface area contributed by atoms with Crippen LogP contribution >= 0.6 is 11.8 Å². The van der Waals surface area contributed by atoms with E-state index >= 15 is 0 Å². The third-order valence-corrected chi connectivity index (χ3v) is 5.55. The molecule has 2 rings (SSSR count). The first kappa shape index (κ1) is 14.7. The lowest BCUT2D eigenvalue weighted by molar-refractivity contribution is 0.195. The molecule has 0 amide bonds. The maximum Gasteiger partial charge on any atom is 0.119 e. The maximum absolute atomic E-state index is 5.93. The number of hydrogen-bond acceptors (Lipinski definition) is 4. The second-order valence-electron chi connectivity index (χ2n) is 5.22. The first-order valence-electron chi connectivity index (χ1n) is 6.82. The second-order valence-corrected chi connectivity index (χ2v) is 6.49. The van der Waals surface area contributed by atoms with Gasteiger partial charge in [-0.3, -0.25) is 4.90 Å². The fraction of sp³-hybridized carbons (Fsp3) is 0.600. The predicted molar refractivity (Wildman–Crippen MR) is 82.8 cm³/mol. The number of nitrogens with zero attached hydrogens (tertiary/aromatic N) is 1. The van der Waals surface area contributed by atoms with Gasteiger partial charge in [-0.05, 0) is 49.9 Å². The van der Waals surface area contributed by atoms with Gasteiger partial charge in [-0.25, -0.2) is 0 Å². The van der Waals surface area contributed by atoms with Crippen molar-refractivity contribution in [1.29, 1.82) is 0 Å². The fourth-order valence-corrected chi connectivity index (χ4v) is 3.40. The molecular formula is C15H24N2OS. The largest absolute Gasteiger partial charge is 0.497 e. The molecular weight excluding hydrogens is 256 g/mol. The Kier molecular flexibility index (Phi) is 5.13. The molecule has 0 radical (unpaired) electrons. The molecule has 0 spiro atoms. The summed E-state index contributed by atoms with van der Waals surface area (Å²) in [5.74, 6) is 0.940. The molecule has 0 atom stereocenters. The van der Waals surface area contributed by atoms with Gasteiger partial charge in [-0.15, -0.1) is 0 Å². The van der Waals surface area contributed by atoms with E-state index in [4.69, 9.17) is 10.5 Å². The number of methoxy groups -OCH3 is 1. The van der Waals surface area contributed by atoms with Gasteiger partial charge in [0.05, 0.1) is 7.11 Å². The molecule has 1 aliphatic heterocycles. The Balaban J connectivity index is 1.91. The number of rotatable bonds is 5. The highest BCUT2D eigenvalue weighted by Crippen LogP contribution is 2.33. The van der Waals surface area contributed by atoms with E-state index in [1.54, 1.807) is 7.11 Å². The number of ether oxygens (including phenoxy) is 1. The predicted octanol–water partition coefficient (Wildman–Crippen LogP) is 2.35. The molecule has 1 aromatic carbocycles. The van der Waals surface area contributed by atoms with Gasteiger partial charge in [0.2, 0.25) is 0 Å². The molecule has 0 bridgehead atoms. The molecule has 1 aromatic rings. The molecule has 0 saturated carbocycles. The Bertz CT molecular complexity index is 397. The SMILES string of the molecule is COc1cccc(CN2CCC(CN)(SC)CC2)c1. The molecule has 4 heteroatoms. The van der Waals surface area contributed by atoms with Crippen molar-refractivity contribution in [3.05, 3.63) is 29.8 Å². The summed E-state index contributed by atoms with van der Waals surface area (Å²) in [6, 6.07) is 8.35. The number of benzene rings is 1. The Morgan fingerprint density at radius 3 is 2.68 bits per heavy atom. The molecule has 19 heavy (non-hydrogen) atoms. The lowest BCUT2D eigenvalue weighted by Gasteiger charge is -2.40. The summed E-state index contributed by atoms with van der Waals surface area (Å²) in [6.45, 7) is 4.07. The van der Waals surface area contributed by atoms with Crippen molar-refractivity contribution in [3.8, 4) is 5.75 Å². The van der Waals surface area contributed by atoms with E-state index in [1.165, 1.54) is 18.4 Å². The van der Waals surface area contributed by atoms with Crippen LogP contribution in [0, 0.1) is 0 Å². The van der Waals surface area contributed by atoms with Crippen molar-refractivity contribution in [2.24, 2.45) is 5.73 Å². The molecule has 0 aromatic heterocycles. The smallest absolute Gasteiger partial charge is 0.119 e. The van der Waals surface area contributed by atoms with Gasteiger partial charge >= 0.3 is 0 Å². The highest BCUT2D eigenvalue weighted by molar-refractivity contribution is 8.00. The van der Waals surface area contributed by atoms with E-state index in [9.17, 15) is 0 Å². The summed E-state index contributed by atoms with van der Waals surface area (Å²) in [4.78, 5) is 2.51. The number of nitrogens with two attached hydrogens (primary N) is 1. The molecule has 1 fully saturated rings. The van der Waals surface area contributed by atoms with Crippen LogP contribution in [0.1, 0.15) is 18.4 Å². The lowest BCUT2D eigenvalue weighted by atomic mass is 9.95. The Morgan fingerprint density at radius 1 is 1.37 bits per heavy atom. The van der Waals surface area contributed by atoms with Crippen LogP contribution in [0.4, 0.5) is 0 Å². The molecule has 3 nitrogen and oxygen atoms in total. The summed E-state index contributed by atoms with van der Waals surface area (Å²) in [7, 11) is 1.72. The standard InChI is InChI=1S/C15H24N2OS/c1-18-14-5-3-4-13(10-14)11-17-8-6-15(12-16,19-2)7-9-17/h3-5,10H,6-9,11-12,16H2,1-2H3. The maximum atomic E-state index is 5.93. The number of likely N-dealkylation sites (tertiary alicyclic amines) is 1. The summed E-state index contributed by atoms with van der Waals surface area (Å²) in [6.07, 6.45) is 4.56. The molecule has 0 unspecified atom stereocenters. The molecule has 0 aliphatic carbocycles. The van der Waals surface area contributed by atoms with Crippen LogP contribution in [-0.2, 0) is 6.54 Å². The van der Waals surface area contributed by atoms with E-state index in [2.05, 4.69) is 29.4 Å². The van der Waals surface area contributed by atoms with Crippen molar-refractivity contribution < 1.29 is 4.74 Å². The van der Waals surface area contributed by atoms with Gasteiger partial charge in [-0.2, -0.15) is 11.8 Å². The highest BCUT2D eigenvalue weighted by atomic mass is 32.2. The first-order chi connectivity index (χ1) is 9.21. The number of hydrogen-bond donors (Lipinski definition) is 1. The third kappa shape index (κ3) is 3.65. The van der Waals surface area contributed by atoms with E-state index in [0.717, 1.165) is 31.9 Å². The molecule has 1 heterocycles. The van der Waals surface area contributed by atoms with Crippen LogP contribution < -0.4 is 10.5 Å². The zero-order chi connectivity index (χ0) is 13.7. The van der Waals surface area contributed by atoms with E-state index < -0.39 is 0 Å². The normalized spacial score (nSPS) is 19.3. The second kappa shape index (κ2) is 6.64. The van der Waals surface area contributed by atoms with Crippen molar-refractivity contribution >= 4 is 11.8 Å². The Hall–Kier alpha value is -0.710. The van der Waals surface area contributed by atoms with Gasteiger partial charge in [-0.1, -0.05) is 12.1 Å². The number of thioether (sulfide) groups is 1. The topological polar surface area (TPSA) is 38.5 Å². The van der Waals surface area contributed by atoms with Crippen LogP contribution in [0.2, 0.25) is 0 Å². The third-order valence-electron chi connectivity index (χ3n) is 4.11. The van der Waals surface area contributed by atoms with Crippen molar-refractivity contribution in [1.82, 2.24) is 4.90 Å². The average molecular weight is 280 g/mol. The van der Waals surface area contributed by atoms with Gasteiger partial charge < -0.3 is 10.5 Å². The lowest BCUT2D eigenvalue weighted by Crippen LogP contribution is -2.46. The monoisotopic (exact) mass is 280 g/mol. The molecule has 2 N–H and O–H groups in total. The Morgan fingerprint density at radius 2 is 2.11 bits per heavy atom. The molecule has 1 saturated heterocycles. The summed E-state index contributed by atoms with van der Waals surface area (Å²) < 4.78 is 5.58. The van der Waals surface area contributed by atoms with Crippen molar-refractivity contribution in [2.75, 3.05) is 33.0 Å².